The summed E-state index contributed by atoms with van der Waals surface area (Å²) < 4.78 is 51.8. The molecule has 2 aromatic rings. The molecule has 3 aliphatic carbocycles. The second-order valence-corrected chi connectivity index (χ2v) is 11.5. The number of fused-ring (bicyclic) bond motifs is 2. The van der Waals surface area contributed by atoms with E-state index in [0.717, 1.165) is 69.1 Å². The Morgan fingerprint density at radius 3 is 2.56 bits per heavy atom. The fraction of sp³-hybridized carbons (Fsp3) is 0.625. The number of rotatable bonds is 6. The van der Waals surface area contributed by atoms with E-state index in [1.54, 1.807) is 24.3 Å². The van der Waals surface area contributed by atoms with E-state index < -0.39 is 17.9 Å². The van der Waals surface area contributed by atoms with Crippen LogP contribution >= 0.6 is 15.9 Å². The molecule has 2 bridgehead atoms. The summed E-state index contributed by atoms with van der Waals surface area (Å²) in [7, 11) is 0. The van der Waals surface area contributed by atoms with Crippen molar-refractivity contribution in [1.82, 2.24) is 10.1 Å². The molecule has 34 heavy (non-hydrogen) atoms. The van der Waals surface area contributed by atoms with Gasteiger partial charge in [-0.2, -0.15) is 18.2 Å². The van der Waals surface area contributed by atoms with Crippen LogP contribution < -0.4 is 4.90 Å². The maximum Gasteiger partial charge on any atom is 0.427 e. The van der Waals surface area contributed by atoms with E-state index in [1.807, 2.05) is 0 Å². The number of ether oxygens (including phenoxy) is 1. The van der Waals surface area contributed by atoms with Gasteiger partial charge in [0.25, 0.3) is 0 Å². The molecule has 3 fully saturated rings. The van der Waals surface area contributed by atoms with Gasteiger partial charge in [0.2, 0.25) is 11.5 Å². The predicted molar refractivity (Wildman–Crippen MR) is 122 cm³/mol. The Morgan fingerprint density at radius 1 is 1.24 bits per heavy atom. The number of nitrogens with zero attached hydrogens (tertiary/aromatic N) is 3. The predicted octanol–water partition coefficient (Wildman–Crippen LogP) is 6.90. The number of anilines is 1. The van der Waals surface area contributed by atoms with Gasteiger partial charge in [0.1, 0.15) is 0 Å². The topological polar surface area (TPSA) is 68.5 Å². The SMILES string of the molecule is CC(C)(OC(=O)N(CC12CCC(c3nc(C4CC4)no3)(CC1)C2)c1cccc(Br)c1)C(F)(F)F. The molecule has 0 saturated heterocycles. The summed E-state index contributed by atoms with van der Waals surface area (Å²) in [6.07, 6.45) is 0.617. The third kappa shape index (κ3) is 4.22. The molecule has 0 aliphatic heterocycles. The van der Waals surface area contributed by atoms with Crippen LogP contribution in [-0.2, 0) is 10.2 Å². The van der Waals surface area contributed by atoms with Crippen LogP contribution in [0.5, 0.6) is 0 Å². The molecule has 1 heterocycles. The summed E-state index contributed by atoms with van der Waals surface area (Å²) in [5, 5.41) is 4.18. The number of carbonyl (C=O) groups excluding carboxylic acids is 1. The first-order valence-electron chi connectivity index (χ1n) is 11.6. The third-order valence-electron chi connectivity index (χ3n) is 7.68. The average molecular weight is 542 g/mol. The Bertz CT molecular complexity index is 1090. The fourth-order valence-electron chi connectivity index (χ4n) is 5.36. The van der Waals surface area contributed by atoms with E-state index in [2.05, 4.69) is 21.1 Å². The van der Waals surface area contributed by atoms with Gasteiger partial charge in [-0.3, -0.25) is 4.90 Å². The molecule has 0 N–H and O–H groups in total. The fourth-order valence-corrected chi connectivity index (χ4v) is 5.75. The first-order chi connectivity index (χ1) is 15.9. The molecule has 0 radical (unpaired) electrons. The molecule has 3 saturated carbocycles. The van der Waals surface area contributed by atoms with Gasteiger partial charge >= 0.3 is 12.3 Å². The monoisotopic (exact) mass is 541 g/mol. The minimum Gasteiger partial charge on any atom is -0.433 e. The van der Waals surface area contributed by atoms with Crippen LogP contribution in [0.1, 0.15) is 76.4 Å². The van der Waals surface area contributed by atoms with Crippen molar-refractivity contribution < 1.29 is 27.2 Å². The van der Waals surface area contributed by atoms with E-state index in [1.165, 1.54) is 4.90 Å². The molecular weight excluding hydrogens is 515 g/mol. The summed E-state index contributed by atoms with van der Waals surface area (Å²) in [5.41, 5.74) is -2.59. The molecule has 10 heteroatoms. The number of hydrogen-bond donors (Lipinski definition) is 0. The molecule has 1 aromatic heterocycles. The highest BCUT2D eigenvalue weighted by Crippen LogP contribution is 2.62. The summed E-state index contributed by atoms with van der Waals surface area (Å²) in [6.45, 7) is 2.00. The zero-order valence-electron chi connectivity index (χ0n) is 19.1. The first kappa shape index (κ1) is 23.6. The van der Waals surface area contributed by atoms with Gasteiger partial charge < -0.3 is 9.26 Å². The van der Waals surface area contributed by atoms with Crippen LogP contribution in [0, 0.1) is 5.41 Å². The van der Waals surface area contributed by atoms with Gasteiger partial charge in [-0.05, 0) is 82.4 Å². The highest BCUT2D eigenvalue weighted by Gasteiger charge is 2.59. The van der Waals surface area contributed by atoms with E-state index in [9.17, 15) is 18.0 Å². The highest BCUT2D eigenvalue weighted by atomic mass is 79.9. The Hall–Kier alpha value is -2.10. The molecular formula is C24H27BrF3N3O3. The minimum atomic E-state index is -4.68. The van der Waals surface area contributed by atoms with Crippen molar-refractivity contribution >= 4 is 27.7 Å². The van der Waals surface area contributed by atoms with Crippen LogP contribution in [0.2, 0.25) is 0 Å². The van der Waals surface area contributed by atoms with Crippen molar-refractivity contribution in [3.05, 3.63) is 40.5 Å². The number of halogens is 4. The second-order valence-electron chi connectivity index (χ2n) is 10.6. The Balaban J connectivity index is 1.40. The molecule has 184 valence electrons. The summed E-state index contributed by atoms with van der Waals surface area (Å²) >= 11 is 3.40. The van der Waals surface area contributed by atoms with Crippen molar-refractivity contribution in [1.29, 1.82) is 0 Å². The smallest absolute Gasteiger partial charge is 0.427 e. The summed E-state index contributed by atoms with van der Waals surface area (Å²) in [4.78, 5) is 19.2. The standard InChI is InChI=1S/C24H27BrF3N3O3/c1-21(2,24(26,27)28)33-20(32)31(17-5-3-4-16(25)12-17)14-22-8-10-23(13-22,11-9-22)19-29-18(30-34-19)15-6-7-15/h3-5,12,15H,6-11,13-14H2,1-2H3. The van der Waals surface area contributed by atoms with E-state index in [-0.39, 0.29) is 17.4 Å². The third-order valence-corrected chi connectivity index (χ3v) is 8.17. The molecule has 3 aliphatic rings. The number of benzene rings is 1. The van der Waals surface area contributed by atoms with E-state index >= 15 is 0 Å². The molecule has 1 amide bonds. The number of hydrogen-bond acceptors (Lipinski definition) is 5. The normalized spacial score (nSPS) is 26.6. The van der Waals surface area contributed by atoms with Crippen molar-refractivity contribution in [2.45, 2.75) is 81.9 Å². The van der Waals surface area contributed by atoms with Crippen LogP contribution in [0.15, 0.2) is 33.3 Å². The molecule has 0 unspecified atom stereocenters. The zero-order chi connectivity index (χ0) is 24.4. The van der Waals surface area contributed by atoms with Crippen LogP contribution in [0.25, 0.3) is 0 Å². The summed E-state index contributed by atoms with van der Waals surface area (Å²) in [6, 6.07) is 6.97. The molecule has 5 rings (SSSR count). The lowest BCUT2D eigenvalue weighted by molar-refractivity contribution is -0.243. The van der Waals surface area contributed by atoms with Gasteiger partial charge in [-0.1, -0.05) is 27.2 Å². The number of alkyl halides is 3. The molecule has 0 atom stereocenters. The maximum absolute atomic E-state index is 13.5. The van der Waals surface area contributed by atoms with E-state index in [0.29, 0.717) is 17.5 Å². The van der Waals surface area contributed by atoms with Gasteiger partial charge in [-0.25, -0.2) is 4.79 Å². The van der Waals surface area contributed by atoms with Gasteiger partial charge in [0.15, 0.2) is 5.82 Å². The van der Waals surface area contributed by atoms with Crippen LogP contribution in [0.3, 0.4) is 0 Å². The lowest BCUT2D eigenvalue weighted by Gasteiger charge is -2.36. The van der Waals surface area contributed by atoms with Crippen molar-refractivity contribution in [3.63, 3.8) is 0 Å². The number of carbonyl (C=O) groups is 1. The summed E-state index contributed by atoms with van der Waals surface area (Å²) in [5.74, 6) is 1.85. The van der Waals surface area contributed by atoms with Crippen LogP contribution in [0.4, 0.5) is 23.7 Å². The second kappa shape index (κ2) is 7.96. The lowest BCUT2D eigenvalue weighted by Crippen LogP contribution is -2.49. The first-order valence-corrected chi connectivity index (χ1v) is 12.4. The van der Waals surface area contributed by atoms with Gasteiger partial charge in [0.05, 0.1) is 5.41 Å². The lowest BCUT2D eigenvalue weighted by atomic mass is 9.81. The van der Waals surface area contributed by atoms with Crippen molar-refractivity contribution in [3.8, 4) is 0 Å². The number of amides is 1. The zero-order valence-corrected chi connectivity index (χ0v) is 20.7. The Kier molecular flexibility index (Phi) is 5.53. The van der Waals surface area contributed by atoms with Crippen LogP contribution in [-0.4, -0.2) is 34.6 Å². The van der Waals surface area contributed by atoms with Crippen molar-refractivity contribution in [2.75, 3.05) is 11.4 Å². The van der Waals surface area contributed by atoms with Gasteiger partial charge in [-0.15, -0.1) is 0 Å². The van der Waals surface area contributed by atoms with Crippen molar-refractivity contribution in [2.24, 2.45) is 5.41 Å². The largest absolute Gasteiger partial charge is 0.433 e. The Labute approximate surface area is 204 Å². The minimum absolute atomic E-state index is 0.224. The highest BCUT2D eigenvalue weighted by molar-refractivity contribution is 9.10. The Morgan fingerprint density at radius 2 is 1.94 bits per heavy atom. The van der Waals surface area contributed by atoms with Gasteiger partial charge in [0, 0.05) is 22.6 Å². The quantitative estimate of drug-likeness (QED) is 0.398. The maximum atomic E-state index is 13.5. The molecule has 0 spiro atoms. The average Bonchev–Trinajstić information content (AvgIpc) is 3.21. The molecule has 6 nitrogen and oxygen atoms in total. The molecule has 1 aromatic carbocycles. The van der Waals surface area contributed by atoms with E-state index in [4.69, 9.17) is 14.2 Å². The number of aromatic nitrogens is 2.